The molecule has 0 N–H and O–H groups in total. The van der Waals surface area contributed by atoms with Crippen LogP contribution in [0.4, 0.5) is 11.4 Å². The van der Waals surface area contributed by atoms with Crippen LogP contribution in [-0.4, -0.2) is 13.7 Å². The average molecular weight is 283 g/mol. The van der Waals surface area contributed by atoms with E-state index in [2.05, 4.69) is 42.2 Å². The minimum atomic E-state index is 0.976. The molecule has 0 spiro atoms. The van der Waals surface area contributed by atoms with Crippen molar-refractivity contribution in [1.82, 2.24) is 0 Å². The van der Waals surface area contributed by atoms with Crippen LogP contribution in [0.25, 0.3) is 0 Å². The van der Waals surface area contributed by atoms with Crippen LogP contribution in [0.2, 0.25) is 0 Å². The van der Waals surface area contributed by atoms with Crippen molar-refractivity contribution >= 4 is 23.1 Å². The Hall–Kier alpha value is -1.61. The highest BCUT2D eigenvalue weighted by molar-refractivity contribution is 7.99. The van der Waals surface area contributed by atoms with Crippen molar-refractivity contribution in [2.24, 2.45) is 0 Å². The number of nitrogens with zero attached hydrogens (tertiary/aromatic N) is 1. The molecular weight excluding hydrogens is 266 g/mol. The highest BCUT2D eigenvalue weighted by Crippen LogP contribution is 2.52. The van der Waals surface area contributed by atoms with Gasteiger partial charge in [0.2, 0.25) is 0 Å². The van der Waals surface area contributed by atoms with Crippen molar-refractivity contribution < 1.29 is 4.74 Å². The van der Waals surface area contributed by atoms with Crippen LogP contribution in [-0.2, 0) is 6.42 Å². The van der Waals surface area contributed by atoms with Crippen molar-refractivity contribution in [3.63, 3.8) is 0 Å². The average Bonchev–Trinajstić information content (AvgIpc) is 2.46. The number of anilines is 2. The largest absolute Gasteiger partial charge is 0.497 e. The smallest absolute Gasteiger partial charge is 0.120 e. The molecule has 0 bridgehead atoms. The lowest BCUT2D eigenvalue weighted by Gasteiger charge is -2.38. The fourth-order valence-corrected chi connectivity index (χ4v) is 4.43. The van der Waals surface area contributed by atoms with Crippen molar-refractivity contribution in [2.75, 3.05) is 18.6 Å². The third-order valence-electron chi connectivity index (χ3n) is 4.09. The molecular formula is C17H17NOS. The predicted octanol–water partition coefficient (Wildman–Crippen LogP) is 4.55. The zero-order chi connectivity index (χ0) is 13.7. The maximum atomic E-state index is 5.46. The number of methoxy groups -OCH3 is 1. The Morgan fingerprint density at radius 1 is 1.15 bits per heavy atom. The lowest BCUT2D eigenvalue weighted by atomic mass is 10.00. The molecule has 2 nitrogen and oxygen atoms in total. The molecule has 0 saturated heterocycles. The summed E-state index contributed by atoms with van der Waals surface area (Å²) in [5.41, 5.74) is 5.50. The molecule has 2 aliphatic heterocycles. The molecule has 0 atom stereocenters. The first-order valence-corrected chi connectivity index (χ1v) is 7.85. The minimum Gasteiger partial charge on any atom is -0.497 e. The highest BCUT2D eigenvalue weighted by atomic mass is 32.2. The number of hydrogen-bond acceptors (Lipinski definition) is 3. The van der Waals surface area contributed by atoms with E-state index in [1.807, 2.05) is 11.8 Å². The summed E-state index contributed by atoms with van der Waals surface area (Å²) in [6.07, 6.45) is 2.36. The summed E-state index contributed by atoms with van der Waals surface area (Å²) in [5, 5.41) is 0. The Balaban J connectivity index is 1.94. The molecule has 0 fully saturated rings. The number of rotatable bonds is 1. The summed E-state index contributed by atoms with van der Waals surface area (Å²) in [4.78, 5) is 5.18. The summed E-state index contributed by atoms with van der Waals surface area (Å²) in [5.74, 6) is 0.976. The van der Waals surface area contributed by atoms with Gasteiger partial charge in [-0.15, -0.1) is 0 Å². The van der Waals surface area contributed by atoms with Crippen LogP contribution in [0.15, 0.2) is 40.1 Å². The lowest BCUT2D eigenvalue weighted by Crippen LogP contribution is -2.27. The zero-order valence-electron chi connectivity index (χ0n) is 11.8. The highest BCUT2D eigenvalue weighted by Gasteiger charge is 2.29. The van der Waals surface area contributed by atoms with Gasteiger partial charge in [0.25, 0.3) is 0 Å². The SMILES string of the molecule is COc1cc2c3c(c1)Sc1cc(C)ccc1N3CCC2. The second-order valence-electron chi connectivity index (χ2n) is 5.46. The van der Waals surface area contributed by atoms with Gasteiger partial charge >= 0.3 is 0 Å². The molecule has 4 rings (SSSR count). The van der Waals surface area contributed by atoms with Crippen LogP contribution in [0.5, 0.6) is 5.75 Å². The van der Waals surface area contributed by atoms with E-state index in [-0.39, 0.29) is 0 Å². The van der Waals surface area contributed by atoms with Crippen molar-refractivity contribution in [3.05, 3.63) is 41.5 Å². The van der Waals surface area contributed by atoms with Gasteiger partial charge in [-0.3, -0.25) is 0 Å². The second-order valence-corrected chi connectivity index (χ2v) is 6.55. The quantitative estimate of drug-likeness (QED) is 0.761. The first-order chi connectivity index (χ1) is 9.76. The Morgan fingerprint density at radius 2 is 2.05 bits per heavy atom. The maximum absolute atomic E-state index is 5.46. The number of ether oxygens (including phenoxy) is 1. The van der Waals surface area contributed by atoms with Gasteiger partial charge < -0.3 is 9.64 Å². The number of hydrogen-bond donors (Lipinski definition) is 0. The number of aryl methyl sites for hydroxylation is 2. The van der Waals surface area contributed by atoms with Gasteiger partial charge in [-0.05, 0) is 55.2 Å². The molecule has 102 valence electrons. The molecule has 0 aliphatic carbocycles. The summed E-state index contributed by atoms with van der Waals surface area (Å²) in [7, 11) is 1.75. The second kappa shape index (κ2) is 4.45. The van der Waals surface area contributed by atoms with Crippen LogP contribution >= 0.6 is 11.8 Å². The standard InChI is InChI=1S/C17H17NOS/c1-11-5-6-14-15(8-11)20-16-10-13(19-2)9-12-4-3-7-18(14)17(12)16/h5-6,8-10H,3-4,7H2,1-2H3. The van der Waals surface area contributed by atoms with Gasteiger partial charge in [0.15, 0.2) is 0 Å². The molecule has 2 heterocycles. The summed E-state index contributed by atoms with van der Waals surface area (Å²) < 4.78 is 5.46. The Kier molecular flexibility index (Phi) is 2.71. The van der Waals surface area contributed by atoms with E-state index in [9.17, 15) is 0 Å². The summed E-state index contributed by atoms with van der Waals surface area (Å²) >= 11 is 1.87. The van der Waals surface area contributed by atoms with Gasteiger partial charge in [0, 0.05) is 16.3 Å². The number of fused-ring (bicyclic) bond motifs is 2. The lowest BCUT2D eigenvalue weighted by molar-refractivity contribution is 0.413. The Labute approximate surface area is 123 Å². The van der Waals surface area contributed by atoms with Crippen molar-refractivity contribution in [1.29, 1.82) is 0 Å². The predicted molar refractivity (Wildman–Crippen MR) is 83.6 cm³/mol. The normalized spacial score (nSPS) is 15.6. The van der Waals surface area contributed by atoms with E-state index in [1.54, 1.807) is 7.11 Å². The molecule has 2 aliphatic rings. The molecule has 0 aromatic heterocycles. The minimum absolute atomic E-state index is 0.976. The molecule has 0 radical (unpaired) electrons. The fourth-order valence-electron chi connectivity index (χ4n) is 3.16. The molecule has 0 saturated carbocycles. The molecule has 3 heteroatoms. The van der Waals surface area contributed by atoms with Crippen LogP contribution in [0, 0.1) is 6.92 Å². The van der Waals surface area contributed by atoms with Gasteiger partial charge in [-0.25, -0.2) is 0 Å². The molecule has 0 unspecified atom stereocenters. The van der Waals surface area contributed by atoms with E-state index in [0.717, 1.165) is 18.7 Å². The first kappa shape index (κ1) is 12.2. The molecule has 0 amide bonds. The number of benzene rings is 2. The van der Waals surface area contributed by atoms with Crippen molar-refractivity contribution in [3.8, 4) is 5.75 Å². The van der Waals surface area contributed by atoms with Crippen molar-refractivity contribution in [2.45, 2.75) is 29.6 Å². The van der Waals surface area contributed by atoms with E-state index >= 15 is 0 Å². The summed E-state index contributed by atoms with van der Waals surface area (Å²) in [6.45, 7) is 3.27. The Bertz CT molecular complexity index is 696. The van der Waals surface area contributed by atoms with E-state index < -0.39 is 0 Å². The molecule has 2 aromatic rings. The first-order valence-electron chi connectivity index (χ1n) is 7.03. The van der Waals surface area contributed by atoms with Gasteiger partial charge in [0.05, 0.1) is 18.5 Å². The fraction of sp³-hybridized carbons (Fsp3) is 0.294. The van der Waals surface area contributed by atoms with Crippen LogP contribution < -0.4 is 9.64 Å². The topological polar surface area (TPSA) is 12.5 Å². The third kappa shape index (κ3) is 1.73. The van der Waals surface area contributed by atoms with Crippen LogP contribution in [0.3, 0.4) is 0 Å². The Morgan fingerprint density at radius 3 is 2.90 bits per heavy atom. The van der Waals surface area contributed by atoms with E-state index in [0.29, 0.717) is 0 Å². The molecule has 2 aromatic carbocycles. The third-order valence-corrected chi connectivity index (χ3v) is 5.16. The van der Waals surface area contributed by atoms with Gasteiger partial charge in [-0.1, -0.05) is 17.8 Å². The maximum Gasteiger partial charge on any atom is 0.120 e. The van der Waals surface area contributed by atoms with Gasteiger partial charge in [-0.2, -0.15) is 0 Å². The van der Waals surface area contributed by atoms with Gasteiger partial charge in [0.1, 0.15) is 5.75 Å². The summed E-state index contributed by atoms with van der Waals surface area (Å²) in [6, 6.07) is 11.1. The zero-order valence-corrected chi connectivity index (χ0v) is 12.6. The monoisotopic (exact) mass is 283 g/mol. The van der Waals surface area contributed by atoms with Crippen LogP contribution in [0.1, 0.15) is 17.5 Å². The van der Waals surface area contributed by atoms with E-state index in [1.165, 1.54) is 38.7 Å². The molecule has 20 heavy (non-hydrogen) atoms. The van der Waals surface area contributed by atoms with E-state index in [4.69, 9.17) is 4.74 Å².